The fourth-order valence-electron chi connectivity index (χ4n) is 2.15. The van der Waals surface area contributed by atoms with Gasteiger partial charge in [-0.15, -0.1) is 0 Å². The molecule has 0 radical (unpaired) electrons. The lowest BCUT2D eigenvalue weighted by atomic mass is 10.1. The first-order chi connectivity index (χ1) is 12.1. The highest BCUT2D eigenvalue weighted by Gasteiger charge is 2.21. The molecule has 25 heavy (non-hydrogen) atoms. The van der Waals surface area contributed by atoms with Gasteiger partial charge in [0.05, 0.1) is 20.3 Å². The van der Waals surface area contributed by atoms with E-state index in [1.165, 1.54) is 13.3 Å². The summed E-state index contributed by atoms with van der Waals surface area (Å²) < 4.78 is 15.0. The van der Waals surface area contributed by atoms with E-state index < -0.39 is 11.9 Å². The van der Waals surface area contributed by atoms with Crippen LogP contribution in [-0.2, 0) is 19.1 Å². The van der Waals surface area contributed by atoms with Gasteiger partial charge in [0.15, 0.2) is 5.57 Å². The van der Waals surface area contributed by atoms with Crippen LogP contribution in [0, 0.1) is 0 Å². The molecule has 7 nitrogen and oxygen atoms in total. The monoisotopic (exact) mass is 344 g/mol. The van der Waals surface area contributed by atoms with Crippen LogP contribution in [0.15, 0.2) is 42.1 Å². The molecule has 0 aliphatic heterocycles. The van der Waals surface area contributed by atoms with Crippen molar-refractivity contribution in [3.63, 3.8) is 0 Å². The Labute approximate surface area is 145 Å². The molecular formula is C18H20N2O5. The Kier molecular flexibility index (Phi) is 6.33. The van der Waals surface area contributed by atoms with Crippen LogP contribution in [0.4, 0.5) is 5.82 Å². The first kappa shape index (κ1) is 18.3. The molecule has 0 aliphatic carbocycles. The van der Waals surface area contributed by atoms with Crippen molar-refractivity contribution >= 4 is 28.5 Å². The van der Waals surface area contributed by atoms with Gasteiger partial charge in [-0.05, 0) is 19.2 Å². The van der Waals surface area contributed by atoms with Crippen LogP contribution in [0.2, 0.25) is 0 Å². The van der Waals surface area contributed by atoms with Crippen molar-refractivity contribution < 1.29 is 23.8 Å². The van der Waals surface area contributed by atoms with E-state index in [0.29, 0.717) is 11.7 Å². The number of benzene rings is 1. The van der Waals surface area contributed by atoms with Crippen LogP contribution < -0.4 is 10.1 Å². The number of fused-ring (bicyclic) bond motifs is 1. The van der Waals surface area contributed by atoms with E-state index >= 15 is 0 Å². The van der Waals surface area contributed by atoms with Crippen molar-refractivity contribution in [2.75, 3.05) is 25.6 Å². The molecule has 0 saturated heterocycles. The van der Waals surface area contributed by atoms with E-state index in [1.54, 1.807) is 19.9 Å². The number of anilines is 1. The van der Waals surface area contributed by atoms with Crippen LogP contribution in [0.3, 0.4) is 0 Å². The number of pyridine rings is 1. The number of nitrogens with one attached hydrogen (secondary N) is 1. The Morgan fingerprint density at radius 2 is 1.76 bits per heavy atom. The highest BCUT2D eigenvalue weighted by molar-refractivity contribution is 6.14. The van der Waals surface area contributed by atoms with Crippen LogP contribution >= 0.6 is 0 Å². The van der Waals surface area contributed by atoms with Crippen LogP contribution in [0.1, 0.15) is 13.8 Å². The second-order valence-corrected chi connectivity index (χ2v) is 4.88. The highest BCUT2D eigenvalue weighted by Crippen LogP contribution is 2.25. The molecule has 0 amide bonds. The maximum atomic E-state index is 12.0. The molecule has 0 atom stereocenters. The van der Waals surface area contributed by atoms with Gasteiger partial charge >= 0.3 is 11.9 Å². The number of carbonyl (C=O) groups is 2. The Morgan fingerprint density at radius 3 is 2.36 bits per heavy atom. The van der Waals surface area contributed by atoms with Crippen molar-refractivity contribution in [2.45, 2.75) is 13.8 Å². The summed E-state index contributed by atoms with van der Waals surface area (Å²) in [5, 5.41) is 4.60. The van der Waals surface area contributed by atoms with Crippen LogP contribution in [0.25, 0.3) is 10.8 Å². The number of carbonyl (C=O) groups excluding carboxylic acids is 2. The number of ether oxygens (including phenoxy) is 3. The van der Waals surface area contributed by atoms with Crippen LogP contribution in [0.5, 0.6) is 5.88 Å². The molecule has 0 bridgehead atoms. The fraction of sp³-hybridized carbons (Fsp3) is 0.278. The third-order valence-electron chi connectivity index (χ3n) is 3.27. The van der Waals surface area contributed by atoms with Crippen molar-refractivity contribution in [1.82, 2.24) is 4.98 Å². The minimum absolute atomic E-state index is 0.149. The zero-order valence-electron chi connectivity index (χ0n) is 14.4. The number of nitrogens with zero attached hydrogens (tertiary/aromatic N) is 1. The van der Waals surface area contributed by atoms with Gasteiger partial charge in [0.2, 0.25) is 5.88 Å². The molecule has 1 heterocycles. The summed E-state index contributed by atoms with van der Waals surface area (Å²) >= 11 is 0. The molecular weight excluding hydrogens is 324 g/mol. The lowest BCUT2D eigenvalue weighted by molar-refractivity contribution is -0.146. The summed E-state index contributed by atoms with van der Waals surface area (Å²) in [6.45, 7) is 3.61. The second kappa shape index (κ2) is 8.68. The lowest BCUT2D eigenvalue weighted by Crippen LogP contribution is -2.19. The second-order valence-electron chi connectivity index (χ2n) is 4.88. The molecule has 0 fully saturated rings. The standard InChI is InChI=1S/C18H20N2O5/c1-4-24-17(21)14(18(22)25-5-2)11-19-16-13-9-7-6-8-12(13)10-15(20-16)23-3/h6-11H,4-5H2,1-3H3,(H,19,20). The molecule has 1 N–H and O–H groups in total. The zero-order chi connectivity index (χ0) is 18.2. The maximum Gasteiger partial charge on any atom is 0.347 e. The Hall–Kier alpha value is -3.09. The molecule has 2 aromatic rings. The van der Waals surface area contributed by atoms with E-state index in [9.17, 15) is 9.59 Å². The number of esters is 2. The Bertz CT molecular complexity index is 781. The van der Waals surface area contributed by atoms with E-state index in [-0.39, 0.29) is 18.8 Å². The molecule has 0 unspecified atom stereocenters. The van der Waals surface area contributed by atoms with Crippen molar-refractivity contribution in [3.8, 4) is 5.88 Å². The topological polar surface area (TPSA) is 86.8 Å². The molecule has 2 rings (SSSR count). The number of hydrogen-bond donors (Lipinski definition) is 1. The lowest BCUT2D eigenvalue weighted by Gasteiger charge is -2.10. The fourth-order valence-corrected chi connectivity index (χ4v) is 2.15. The van der Waals surface area contributed by atoms with Crippen LogP contribution in [-0.4, -0.2) is 37.2 Å². The first-order valence-corrected chi connectivity index (χ1v) is 7.85. The average molecular weight is 344 g/mol. The first-order valence-electron chi connectivity index (χ1n) is 7.85. The van der Waals surface area contributed by atoms with Crippen molar-refractivity contribution in [2.24, 2.45) is 0 Å². The van der Waals surface area contributed by atoms with E-state index in [0.717, 1.165) is 10.8 Å². The maximum absolute atomic E-state index is 12.0. The van der Waals surface area contributed by atoms with Gasteiger partial charge in [0, 0.05) is 17.7 Å². The van der Waals surface area contributed by atoms with Gasteiger partial charge < -0.3 is 19.5 Å². The summed E-state index contributed by atoms with van der Waals surface area (Å²) in [6, 6.07) is 9.33. The van der Waals surface area contributed by atoms with Crippen molar-refractivity contribution in [3.05, 3.63) is 42.1 Å². The number of hydrogen-bond acceptors (Lipinski definition) is 7. The molecule has 1 aromatic heterocycles. The largest absolute Gasteiger partial charge is 0.481 e. The molecule has 0 aliphatic rings. The van der Waals surface area contributed by atoms with E-state index in [1.807, 2.05) is 24.3 Å². The SMILES string of the molecule is CCOC(=O)C(=CNc1nc(OC)cc2ccccc12)C(=O)OCC. The van der Waals surface area contributed by atoms with Gasteiger partial charge in [0.25, 0.3) is 0 Å². The van der Waals surface area contributed by atoms with Gasteiger partial charge in [-0.25, -0.2) is 9.59 Å². The summed E-state index contributed by atoms with van der Waals surface area (Å²) in [4.78, 5) is 28.3. The summed E-state index contributed by atoms with van der Waals surface area (Å²) in [7, 11) is 1.51. The quantitative estimate of drug-likeness (QED) is 0.357. The normalized spacial score (nSPS) is 10.0. The zero-order valence-corrected chi connectivity index (χ0v) is 14.4. The molecule has 0 saturated carbocycles. The summed E-state index contributed by atoms with van der Waals surface area (Å²) in [6.07, 6.45) is 1.24. The molecule has 1 aromatic carbocycles. The molecule has 0 spiro atoms. The Balaban J connectivity index is 2.40. The highest BCUT2D eigenvalue weighted by atomic mass is 16.6. The summed E-state index contributed by atoms with van der Waals surface area (Å²) in [5.41, 5.74) is -0.239. The number of methoxy groups -OCH3 is 1. The van der Waals surface area contributed by atoms with Gasteiger partial charge in [-0.2, -0.15) is 4.98 Å². The minimum Gasteiger partial charge on any atom is -0.481 e. The van der Waals surface area contributed by atoms with Gasteiger partial charge in [-0.3, -0.25) is 0 Å². The van der Waals surface area contributed by atoms with Crippen molar-refractivity contribution in [1.29, 1.82) is 0 Å². The average Bonchev–Trinajstić information content (AvgIpc) is 2.62. The predicted octanol–water partition coefficient (Wildman–Crippen LogP) is 2.67. The molecule has 132 valence electrons. The minimum atomic E-state index is -0.763. The van der Waals surface area contributed by atoms with E-state index in [4.69, 9.17) is 14.2 Å². The smallest absolute Gasteiger partial charge is 0.347 e. The summed E-state index contributed by atoms with van der Waals surface area (Å²) in [5.74, 6) is -0.675. The number of aromatic nitrogens is 1. The number of rotatable bonds is 7. The van der Waals surface area contributed by atoms with E-state index in [2.05, 4.69) is 10.3 Å². The molecule has 7 heteroatoms. The van der Waals surface area contributed by atoms with Gasteiger partial charge in [0.1, 0.15) is 5.82 Å². The predicted molar refractivity (Wildman–Crippen MR) is 93.3 cm³/mol. The third-order valence-corrected chi connectivity index (χ3v) is 3.27. The Morgan fingerprint density at radius 1 is 1.12 bits per heavy atom. The van der Waals surface area contributed by atoms with Gasteiger partial charge in [-0.1, -0.05) is 24.3 Å². The third kappa shape index (κ3) is 4.47.